The van der Waals surface area contributed by atoms with Crippen molar-refractivity contribution < 1.29 is 28.6 Å². The zero-order valence-electron chi connectivity index (χ0n) is 17.2. The van der Waals surface area contributed by atoms with Gasteiger partial charge in [0.2, 0.25) is 5.67 Å². The van der Waals surface area contributed by atoms with E-state index in [1.165, 1.54) is 19.3 Å². The number of hydrogen-bond acceptors (Lipinski definition) is 3. The van der Waals surface area contributed by atoms with Gasteiger partial charge in [0.1, 0.15) is 11.5 Å². The molecule has 0 saturated heterocycles. The number of aliphatic hydroxyl groups excluding tert-OH is 1. The van der Waals surface area contributed by atoms with E-state index in [4.69, 9.17) is 10.2 Å². The molecule has 0 heterocycles. The Morgan fingerprint density at radius 1 is 1.21 bits per heavy atom. The number of carbonyl (C=O) groups is 2. The number of rotatable bonds is 15. The van der Waals surface area contributed by atoms with E-state index >= 15 is 4.39 Å². The molecule has 0 spiro atoms. The third-order valence-corrected chi connectivity index (χ3v) is 6.08. The molecule has 6 heteroatoms. The van der Waals surface area contributed by atoms with Crippen molar-refractivity contribution in [1.29, 1.82) is 0 Å². The highest BCUT2D eigenvalue weighted by Crippen LogP contribution is 2.43. The highest BCUT2D eigenvalue weighted by atomic mass is 19.1. The second-order valence-electron chi connectivity index (χ2n) is 8.19. The molecule has 2 N–H and O–H groups in total. The number of carboxylic acids is 1. The van der Waals surface area contributed by atoms with Crippen molar-refractivity contribution in [2.75, 3.05) is 6.61 Å². The summed E-state index contributed by atoms with van der Waals surface area (Å²) in [5.74, 6) is -2.40. The zero-order chi connectivity index (χ0) is 21.2. The fourth-order valence-corrected chi connectivity index (χ4v) is 4.10. The summed E-state index contributed by atoms with van der Waals surface area (Å²) in [4.78, 5) is 23.1. The molecule has 4 nitrogen and oxygen atoms in total. The molecule has 0 aliphatic heterocycles. The van der Waals surface area contributed by atoms with Crippen molar-refractivity contribution in [2.45, 2.75) is 102 Å². The van der Waals surface area contributed by atoms with Gasteiger partial charge in [0, 0.05) is 6.42 Å². The lowest BCUT2D eigenvalue weighted by molar-refractivity contribution is -0.150. The summed E-state index contributed by atoms with van der Waals surface area (Å²) in [6, 6.07) is 0. The molecule has 0 aromatic carbocycles. The lowest BCUT2D eigenvalue weighted by atomic mass is 9.83. The Morgan fingerprint density at radius 3 is 2.46 bits per heavy atom. The number of aliphatic carboxylic acids is 1. The predicted molar refractivity (Wildman–Crippen MR) is 106 cm³/mol. The van der Waals surface area contributed by atoms with Crippen LogP contribution in [0.5, 0.6) is 0 Å². The van der Waals surface area contributed by atoms with E-state index in [2.05, 4.69) is 13.5 Å². The van der Waals surface area contributed by atoms with E-state index in [0.29, 0.717) is 25.7 Å². The van der Waals surface area contributed by atoms with Gasteiger partial charge in [0.25, 0.3) is 0 Å². The van der Waals surface area contributed by atoms with Crippen molar-refractivity contribution in [3.05, 3.63) is 12.2 Å². The Balaban J connectivity index is 2.43. The Kier molecular flexibility index (Phi) is 10.3. The molecular formula is C22H36F2O4. The Labute approximate surface area is 167 Å². The Bertz CT molecular complexity index is 537. The molecular weight excluding hydrogens is 366 g/mol. The van der Waals surface area contributed by atoms with Gasteiger partial charge in [-0.25, -0.2) is 13.6 Å². The van der Waals surface area contributed by atoms with Crippen LogP contribution in [0.3, 0.4) is 0 Å². The molecule has 0 radical (unpaired) electrons. The van der Waals surface area contributed by atoms with Crippen LogP contribution >= 0.6 is 0 Å². The third kappa shape index (κ3) is 6.64. The van der Waals surface area contributed by atoms with Crippen LogP contribution in [0.1, 0.15) is 90.4 Å². The van der Waals surface area contributed by atoms with Gasteiger partial charge < -0.3 is 10.2 Å². The fourth-order valence-electron chi connectivity index (χ4n) is 4.10. The number of carbonyl (C=O) groups excluding carboxylic acids is 1. The lowest BCUT2D eigenvalue weighted by Gasteiger charge is -2.26. The average molecular weight is 403 g/mol. The molecule has 0 aromatic rings. The van der Waals surface area contributed by atoms with Crippen molar-refractivity contribution >= 4 is 11.8 Å². The van der Waals surface area contributed by atoms with Gasteiger partial charge in [0.15, 0.2) is 0 Å². The number of unbranched alkanes of at least 4 members (excludes halogenated alkanes) is 6. The molecule has 1 saturated carbocycles. The summed E-state index contributed by atoms with van der Waals surface area (Å²) in [6.07, 6.45) is 8.79. The van der Waals surface area contributed by atoms with Crippen LogP contribution in [-0.2, 0) is 9.59 Å². The SMILES string of the molecule is C=C(CCCC[C@H]1C(=O)CC[C@]1(F)CCCCCCCC)C(F)(CO)C(=O)O. The minimum Gasteiger partial charge on any atom is -0.479 e. The topological polar surface area (TPSA) is 74.6 Å². The lowest BCUT2D eigenvalue weighted by Crippen LogP contribution is -2.39. The normalized spacial score (nSPS) is 24.3. The summed E-state index contributed by atoms with van der Waals surface area (Å²) in [5, 5.41) is 17.9. The van der Waals surface area contributed by atoms with Crippen LogP contribution in [-0.4, -0.2) is 39.9 Å². The van der Waals surface area contributed by atoms with Gasteiger partial charge in [-0.2, -0.15) is 0 Å². The first-order valence-corrected chi connectivity index (χ1v) is 10.6. The summed E-state index contributed by atoms with van der Waals surface area (Å²) in [6.45, 7) is 4.44. The van der Waals surface area contributed by atoms with Gasteiger partial charge in [0.05, 0.1) is 12.5 Å². The van der Waals surface area contributed by atoms with E-state index in [-0.39, 0.29) is 30.6 Å². The van der Waals surface area contributed by atoms with Gasteiger partial charge in [-0.15, -0.1) is 0 Å². The maximum absolute atomic E-state index is 15.3. The minimum absolute atomic E-state index is 0.0342. The average Bonchev–Trinajstić information content (AvgIpc) is 2.95. The molecule has 0 bridgehead atoms. The van der Waals surface area contributed by atoms with E-state index in [1.54, 1.807) is 0 Å². The van der Waals surface area contributed by atoms with Crippen molar-refractivity contribution in [3.8, 4) is 0 Å². The maximum atomic E-state index is 15.3. The Morgan fingerprint density at radius 2 is 1.86 bits per heavy atom. The van der Waals surface area contributed by atoms with Gasteiger partial charge in [-0.05, 0) is 37.7 Å². The molecule has 1 rings (SSSR count). The number of carboxylic acid groups (broad SMARTS) is 1. The molecule has 162 valence electrons. The van der Waals surface area contributed by atoms with E-state index in [9.17, 15) is 14.0 Å². The van der Waals surface area contributed by atoms with Crippen molar-refractivity contribution in [2.24, 2.45) is 5.92 Å². The molecule has 1 unspecified atom stereocenters. The number of alkyl halides is 2. The number of hydrogen-bond donors (Lipinski definition) is 2. The monoisotopic (exact) mass is 402 g/mol. The maximum Gasteiger partial charge on any atom is 0.348 e. The highest BCUT2D eigenvalue weighted by Gasteiger charge is 2.47. The smallest absolute Gasteiger partial charge is 0.348 e. The molecule has 1 aliphatic carbocycles. The summed E-state index contributed by atoms with van der Waals surface area (Å²) in [5.41, 5.74) is -4.47. The van der Waals surface area contributed by atoms with Crippen LogP contribution in [0.4, 0.5) is 8.78 Å². The first-order chi connectivity index (χ1) is 13.2. The number of aliphatic hydroxyl groups is 1. The second-order valence-corrected chi connectivity index (χ2v) is 8.19. The van der Waals surface area contributed by atoms with Gasteiger partial charge in [-0.1, -0.05) is 58.4 Å². The van der Waals surface area contributed by atoms with Crippen LogP contribution in [0.15, 0.2) is 12.2 Å². The van der Waals surface area contributed by atoms with Crippen LogP contribution < -0.4 is 0 Å². The molecule has 1 aliphatic rings. The summed E-state index contributed by atoms with van der Waals surface area (Å²) >= 11 is 0. The van der Waals surface area contributed by atoms with Crippen LogP contribution in [0.2, 0.25) is 0 Å². The molecule has 28 heavy (non-hydrogen) atoms. The van der Waals surface area contributed by atoms with Crippen LogP contribution in [0.25, 0.3) is 0 Å². The number of halogens is 2. The van der Waals surface area contributed by atoms with Crippen molar-refractivity contribution in [1.82, 2.24) is 0 Å². The van der Waals surface area contributed by atoms with E-state index in [0.717, 1.165) is 19.3 Å². The molecule has 0 aromatic heterocycles. The van der Waals surface area contributed by atoms with E-state index < -0.39 is 29.8 Å². The summed E-state index contributed by atoms with van der Waals surface area (Å²) < 4.78 is 29.5. The van der Waals surface area contributed by atoms with Crippen LogP contribution in [0, 0.1) is 5.92 Å². The molecule has 3 atom stereocenters. The van der Waals surface area contributed by atoms with E-state index in [1.807, 2.05) is 0 Å². The first kappa shape index (κ1) is 24.7. The van der Waals surface area contributed by atoms with Gasteiger partial charge >= 0.3 is 5.97 Å². The number of Topliss-reactive ketones (excluding diaryl/α,β-unsaturated/α-hetero) is 1. The Hall–Kier alpha value is -1.30. The standard InChI is InChI=1S/C22H36F2O4/c1-3-4-5-6-7-10-14-21(23)15-13-19(26)18(21)12-9-8-11-17(2)22(24,16-25)20(27)28/h18,25H,2-16H2,1H3,(H,27,28)/t18-,21+,22?/m0/s1. The largest absolute Gasteiger partial charge is 0.479 e. The quantitative estimate of drug-likeness (QED) is 0.287. The second kappa shape index (κ2) is 11.6. The predicted octanol–water partition coefficient (Wildman–Crippen LogP) is 5.33. The molecule has 1 fully saturated rings. The van der Waals surface area contributed by atoms with Gasteiger partial charge in [-0.3, -0.25) is 4.79 Å². The zero-order valence-corrected chi connectivity index (χ0v) is 17.2. The van der Waals surface area contributed by atoms with Crippen molar-refractivity contribution in [3.63, 3.8) is 0 Å². The third-order valence-electron chi connectivity index (χ3n) is 6.08. The fraction of sp³-hybridized carbons (Fsp3) is 0.818. The highest BCUT2D eigenvalue weighted by molar-refractivity contribution is 5.84. The minimum atomic E-state index is -2.84. The molecule has 0 amide bonds. The first-order valence-electron chi connectivity index (χ1n) is 10.6. The number of ketones is 1. The summed E-state index contributed by atoms with van der Waals surface area (Å²) in [7, 11) is 0.